The summed E-state index contributed by atoms with van der Waals surface area (Å²) in [5.74, 6) is 0.867. The smallest absolute Gasteiger partial charge is 0.0643 e. The summed E-state index contributed by atoms with van der Waals surface area (Å²) >= 11 is 0. The molecule has 82 valence electrons. The SMILES string of the molecule is CC(NC1COC1)C1CCN(C)CC1. The summed E-state index contributed by atoms with van der Waals surface area (Å²) in [6.45, 7) is 6.68. The Bertz CT molecular complexity index is 174. The van der Waals surface area contributed by atoms with Crippen LogP contribution in [0.5, 0.6) is 0 Å². The van der Waals surface area contributed by atoms with Crippen molar-refractivity contribution in [3.05, 3.63) is 0 Å². The summed E-state index contributed by atoms with van der Waals surface area (Å²) in [6.07, 6.45) is 2.69. The van der Waals surface area contributed by atoms with Crippen molar-refractivity contribution in [3.63, 3.8) is 0 Å². The maximum Gasteiger partial charge on any atom is 0.0643 e. The fourth-order valence-corrected chi connectivity index (χ4v) is 2.37. The van der Waals surface area contributed by atoms with Gasteiger partial charge in [0.05, 0.1) is 19.3 Å². The maximum absolute atomic E-state index is 5.17. The van der Waals surface area contributed by atoms with Gasteiger partial charge in [-0.05, 0) is 45.8 Å². The van der Waals surface area contributed by atoms with Gasteiger partial charge in [-0.25, -0.2) is 0 Å². The van der Waals surface area contributed by atoms with Gasteiger partial charge in [-0.15, -0.1) is 0 Å². The zero-order chi connectivity index (χ0) is 9.97. The number of nitrogens with zero attached hydrogens (tertiary/aromatic N) is 1. The molecule has 1 N–H and O–H groups in total. The van der Waals surface area contributed by atoms with Crippen LogP contribution in [0.1, 0.15) is 19.8 Å². The van der Waals surface area contributed by atoms with Crippen LogP contribution in [-0.2, 0) is 4.74 Å². The lowest BCUT2D eigenvalue weighted by molar-refractivity contribution is -0.0138. The number of hydrogen-bond donors (Lipinski definition) is 1. The number of likely N-dealkylation sites (tertiary alicyclic amines) is 1. The lowest BCUT2D eigenvalue weighted by Gasteiger charge is -2.37. The van der Waals surface area contributed by atoms with E-state index in [1.807, 2.05) is 0 Å². The molecule has 0 aromatic heterocycles. The van der Waals surface area contributed by atoms with Crippen molar-refractivity contribution in [2.75, 3.05) is 33.4 Å². The van der Waals surface area contributed by atoms with Crippen LogP contribution in [0.4, 0.5) is 0 Å². The minimum atomic E-state index is 0.629. The van der Waals surface area contributed by atoms with Crippen molar-refractivity contribution in [3.8, 4) is 0 Å². The highest BCUT2D eigenvalue weighted by molar-refractivity contribution is 4.83. The molecule has 2 saturated heterocycles. The van der Waals surface area contributed by atoms with Crippen molar-refractivity contribution in [1.29, 1.82) is 0 Å². The van der Waals surface area contributed by atoms with Crippen LogP contribution in [-0.4, -0.2) is 50.3 Å². The van der Waals surface area contributed by atoms with Crippen molar-refractivity contribution < 1.29 is 4.74 Å². The first-order valence-corrected chi connectivity index (χ1v) is 5.78. The third-order valence-corrected chi connectivity index (χ3v) is 3.61. The Labute approximate surface area is 86.8 Å². The fraction of sp³-hybridized carbons (Fsp3) is 1.00. The van der Waals surface area contributed by atoms with Crippen LogP contribution in [0.2, 0.25) is 0 Å². The van der Waals surface area contributed by atoms with Gasteiger partial charge in [0.15, 0.2) is 0 Å². The van der Waals surface area contributed by atoms with E-state index in [1.165, 1.54) is 25.9 Å². The van der Waals surface area contributed by atoms with Gasteiger partial charge in [-0.1, -0.05) is 0 Å². The highest BCUT2D eigenvalue weighted by atomic mass is 16.5. The average molecular weight is 198 g/mol. The molecule has 0 amide bonds. The monoisotopic (exact) mass is 198 g/mol. The number of nitrogens with one attached hydrogen (secondary N) is 1. The van der Waals surface area contributed by atoms with E-state index < -0.39 is 0 Å². The molecular weight excluding hydrogens is 176 g/mol. The number of piperidine rings is 1. The van der Waals surface area contributed by atoms with Gasteiger partial charge in [-0.2, -0.15) is 0 Å². The van der Waals surface area contributed by atoms with Crippen molar-refractivity contribution >= 4 is 0 Å². The molecule has 0 radical (unpaired) electrons. The van der Waals surface area contributed by atoms with E-state index >= 15 is 0 Å². The molecule has 2 fully saturated rings. The molecule has 0 spiro atoms. The Kier molecular flexibility index (Phi) is 3.42. The second kappa shape index (κ2) is 4.60. The van der Waals surface area contributed by atoms with Gasteiger partial charge >= 0.3 is 0 Å². The van der Waals surface area contributed by atoms with E-state index in [9.17, 15) is 0 Å². The number of rotatable bonds is 3. The lowest BCUT2D eigenvalue weighted by atomic mass is 9.90. The third kappa shape index (κ3) is 2.47. The zero-order valence-electron chi connectivity index (χ0n) is 9.33. The van der Waals surface area contributed by atoms with E-state index in [4.69, 9.17) is 4.74 Å². The maximum atomic E-state index is 5.17. The quantitative estimate of drug-likeness (QED) is 0.722. The van der Waals surface area contributed by atoms with E-state index in [0.29, 0.717) is 12.1 Å². The Hall–Kier alpha value is -0.120. The Morgan fingerprint density at radius 3 is 2.43 bits per heavy atom. The average Bonchev–Trinajstić information content (AvgIpc) is 2.12. The molecular formula is C11H22N2O. The molecule has 0 saturated carbocycles. The van der Waals surface area contributed by atoms with Crippen LogP contribution in [0.15, 0.2) is 0 Å². The van der Waals surface area contributed by atoms with Crippen LogP contribution >= 0.6 is 0 Å². The largest absolute Gasteiger partial charge is 0.378 e. The molecule has 2 heterocycles. The third-order valence-electron chi connectivity index (χ3n) is 3.61. The summed E-state index contributed by atoms with van der Waals surface area (Å²) in [5.41, 5.74) is 0. The molecule has 3 heteroatoms. The molecule has 0 aromatic carbocycles. The summed E-state index contributed by atoms with van der Waals surface area (Å²) < 4.78 is 5.17. The summed E-state index contributed by atoms with van der Waals surface area (Å²) in [5, 5.41) is 3.66. The zero-order valence-corrected chi connectivity index (χ0v) is 9.33. The van der Waals surface area contributed by atoms with Crippen LogP contribution in [0.3, 0.4) is 0 Å². The Balaban J connectivity index is 1.71. The van der Waals surface area contributed by atoms with Gasteiger partial charge in [0, 0.05) is 6.04 Å². The minimum Gasteiger partial charge on any atom is -0.378 e. The van der Waals surface area contributed by atoms with Gasteiger partial charge in [0.2, 0.25) is 0 Å². The van der Waals surface area contributed by atoms with Crippen molar-refractivity contribution in [2.24, 2.45) is 5.92 Å². The molecule has 0 aliphatic carbocycles. The van der Waals surface area contributed by atoms with E-state index in [0.717, 1.165) is 19.1 Å². The lowest BCUT2D eigenvalue weighted by Crippen LogP contribution is -2.52. The van der Waals surface area contributed by atoms with Crippen LogP contribution in [0.25, 0.3) is 0 Å². The first kappa shape index (κ1) is 10.4. The van der Waals surface area contributed by atoms with Crippen LogP contribution in [0, 0.1) is 5.92 Å². The van der Waals surface area contributed by atoms with Gasteiger partial charge in [0.25, 0.3) is 0 Å². The Morgan fingerprint density at radius 2 is 1.93 bits per heavy atom. The Morgan fingerprint density at radius 1 is 1.29 bits per heavy atom. The predicted octanol–water partition coefficient (Wildman–Crippen LogP) is 0.705. The van der Waals surface area contributed by atoms with Crippen LogP contribution < -0.4 is 5.32 Å². The molecule has 14 heavy (non-hydrogen) atoms. The number of hydrogen-bond acceptors (Lipinski definition) is 3. The first-order valence-electron chi connectivity index (χ1n) is 5.78. The summed E-state index contributed by atoms with van der Waals surface area (Å²) in [6, 6.07) is 1.29. The highest BCUT2D eigenvalue weighted by Gasteiger charge is 2.26. The normalized spacial score (nSPS) is 28.7. The van der Waals surface area contributed by atoms with Crippen molar-refractivity contribution in [2.45, 2.75) is 31.8 Å². The molecule has 2 aliphatic heterocycles. The van der Waals surface area contributed by atoms with Gasteiger partial charge in [-0.3, -0.25) is 0 Å². The molecule has 0 aromatic rings. The van der Waals surface area contributed by atoms with Crippen molar-refractivity contribution in [1.82, 2.24) is 10.2 Å². The predicted molar refractivity (Wildman–Crippen MR) is 57.4 cm³/mol. The van der Waals surface area contributed by atoms with E-state index in [1.54, 1.807) is 0 Å². The van der Waals surface area contributed by atoms with Gasteiger partial charge in [0.1, 0.15) is 0 Å². The number of ether oxygens (including phenoxy) is 1. The standard InChI is InChI=1S/C11H22N2O/c1-9(12-11-7-14-8-11)10-3-5-13(2)6-4-10/h9-12H,3-8H2,1-2H3. The highest BCUT2D eigenvalue weighted by Crippen LogP contribution is 2.20. The molecule has 1 atom stereocenters. The fourth-order valence-electron chi connectivity index (χ4n) is 2.37. The molecule has 0 bridgehead atoms. The van der Waals surface area contributed by atoms with Gasteiger partial charge < -0.3 is 15.0 Å². The van der Waals surface area contributed by atoms with E-state index in [2.05, 4.69) is 24.2 Å². The molecule has 3 nitrogen and oxygen atoms in total. The summed E-state index contributed by atoms with van der Waals surface area (Å²) in [7, 11) is 2.22. The minimum absolute atomic E-state index is 0.629. The summed E-state index contributed by atoms with van der Waals surface area (Å²) in [4.78, 5) is 2.43. The molecule has 2 rings (SSSR count). The topological polar surface area (TPSA) is 24.5 Å². The molecule has 2 aliphatic rings. The van der Waals surface area contributed by atoms with E-state index in [-0.39, 0.29) is 0 Å². The first-order chi connectivity index (χ1) is 6.75. The second-order valence-electron chi connectivity index (χ2n) is 4.83. The second-order valence-corrected chi connectivity index (χ2v) is 4.83. The molecule has 1 unspecified atom stereocenters.